The minimum Gasteiger partial charge on any atom is -0.432 e. The maximum Gasteiger partial charge on any atom is 0.204 e. The predicted molar refractivity (Wildman–Crippen MR) is 58.3 cm³/mol. The fourth-order valence-corrected chi connectivity index (χ4v) is 2.01. The van der Waals surface area contributed by atoms with Gasteiger partial charge in [0, 0.05) is 5.88 Å². The van der Waals surface area contributed by atoms with Crippen LogP contribution >= 0.6 is 11.6 Å². The van der Waals surface area contributed by atoms with Crippen LogP contribution in [0.5, 0.6) is 0 Å². The third-order valence-electron chi connectivity index (χ3n) is 1.92. The predicted octanol–water partition coefficient (Wildman–Crippen LogP) is 2.58. The first-order valence-corrected chi connectivity index (χ1v) is 7.06. The summed E-state index contributed by atoms with van der Waals surface area (Å²) in [5.41, 5.74) is 2.43. The fourth-order valence-electron chi connectivity index (χ4n) is 1.19. The largest absolute Gasteiger partial charge is 0.432 e. The Kier molecular flexibility index (Phi) is 4.49. The number of hydrogen-bond donors (Lipinski definition) is 1. The summed E-state index contributed by atoms with van der Waals surface area (Å²) in [6.07, 6.45) is 0.964. The Balaban J connectivity index is 2.56. The van der Waals surface area contributed by atoms with Crippen molar-refractivity contribution in [1.82, 2.24) is 0 Å². The van der Waals surface area contributed by atoms with Gasteiger partial charge < -0.3 is 4.80 Å². The van der Waals surface area contributed by atoms with Crippen molar-refractivity contribution in [2.45, 2.75) is 24.9 Å². The lowest BCUT2D eigenvalue weighted by molar-refractivity contribution is 0.575. The lowest BCUT2D eigenvalue weighted by Crippen LogP contribution is -2.06. The van der Waals surface area contributed by atoms with Gasteiger partial charge in [-0.3, -0.25) is 0 Å². The van der Waals surface area contributed by atoms with Crippen molar-refractivity contribution in [2.24, 2.45) is 0 Å². The number of rotatable bonds is 4. The van der Waals surface area contributed by atoms with Gasteiger partial charge in [0.05, 0.1) is 0 Å². The molecule has 1 nitrogen and oxygen atoms in total. The van der Waals surface area contributed by atoms with Crippen molar-refractivity contribution >= 4 is 20.6 Å². The summed E-state index contributed by atoms with van der Waals surface area (Å²) in [7, 11) is -1.08. The lowest BCUT2D eigenvalue weighted by Gasteiger charge is -2.03. The zero-order valence-corrected chi connectivity index (χ0v) is 9.51. The maximum atomic E-state index is 9.22. The molecule has 0 spiro atoms. The average molecular weight is 214 g/mol. The van der Waals surface area contributed by atoms with E-state index in [4.69, 9.17) is 11.6 Å². The summed E-state index contributed by atoms with van der Waals surface area (Å²) < 4.78 is 0. The zero-order valence-electron chi connectivity index (χ0n) is 7.76. The van der Waals surface area contributed by atoms with Gasteiger partial charge in [-0.05, 0) is 30.1 Å². The van der Waals surface area contributed by atoms with Gasteiger partial charge in [-0.15, -0.1) is 11.6 Å². The van der Waals surface area contributed by atoms with Gasteiger partial charge in [0.1, 0.15) is 0 Å². The topological polar surface area (TPSA) is 20.2 Å². The molecule has 13 heavy (non-hydrogen) atoms. The molecule has 1 radical (unpaired) electrons. The van der Waals surface area contributed by atoms with Crippen molar-refractivity contribution in [1.29, 1.82) is 0 Å². The molecule has 0 saturated heterocycles. The van der Waals surface area contributed by atoms with Crippen LogP contribution < -0.4 is 0 Å². The van der Waals surface area contributed by atoms with E-state index in [1.165, 1.54) is 5.56 Å². The molecule has 1 aromatic carbocycles. The number of hydrogen-bond acceptors (Lipinski definition) is 1. The van der Waals surface area contributed by atoms with Crippen LogP contribution in [0.1, 0.15) is 11.1 Å². The van der Waals surface area contributed by atoms with Crippen molar-refractivity contribution in [2.75, 3.05) is 0 Å². The lowest BCUT2D eigenvalue weighted by atomic mass is 10.1. The average Bonchev–Trinajstić information content (AvgIpc) is 2.15. The van der Waals surface area contributed by atoms with Crippen LogP contribution in [-0.2, 0) is 12.3 Å². The molecule has 0 fully saturated rings. The van der Waals surface area contributed by atoms with E-state index in [-0.39, 0.29) is 0 Å². The molecule has 3 heteroatoms. The summed E-state index contributed by atoms with van der Waals surface area (Å²) in [4.78, 5) is 9.22. The quantitative estimate of drug-likeness (QED) is 0.602. The highest BCUT2D eigenvalue weighted by molar-refractivity contribution is 6.48. The number of aryl methyl sites for hydroxylation is 1. The van der Waals surface area contributed by atoms with E-state index in [0.717, 1.165) is 18.0 Å². The second-order valence-electron chi connectivity index (χ2n) is 3.19. The number of alkyl halides is 1. The van der Waals surface area contributed by atoms with E-state index in [0.29, 0.717) is 5.88 Å². The van der Waals surface area contributed by atoms with Crippen LogP contribution in [0.4, 0.5) is 0 Å². The fraction of sp³-hybridized carbons (Fsp3) is 0.400. The molecule has 1 aromatic rings. The van der Waals surface area contributed by atoms with Crippen LogP contribution in [0.3, 0.4) is 0 Å². The van der Waals surface area contributed by atoms with Crippen molar-refractivity contribution in [3.63, 3.8) is 0 Å². The van der Waals surface area contributed by atoms with Gasteiger partial charge in [-0.2, -0.15) is 0 Å². The Morgan fingerprint density at radius 2 is 2.08 bits per heavy atom. The monoisotopic (exact) mass is 213 g/mol. The summed E-state index contributed by atoms with van der Waals surface area (Å²) >= 11 is 5.72. The second kappa shape index (κ2) is 5.42. The number of halogens is 1. The third-order valence-corrected chi connectivity index (χ3v) is 3.20. The van der Waals surface area contributed by atoms with Gasteiger partial charge in [-0.1, -0.05) is 24.3 Å². The maximum absolute atomic E-state index is 9.22. The molecule has 0 atom stereocenters. The van der Waals surface area contributed by atoms with E-state index in [2.05, 4.69) is 12.1 Å². The summed E-state index contributed by atoms with van der Waals surface area (Å²) in [5, 5.41) is 0. The van der Waals surface area contributed by atoms with E-state index in [1.807, 2.05) is 18.7 Å². The normalized spacial score (nSPS) is 10.8. The van der Waals surface area contributed by atoms with Crippen LogP contribution in [0.15, 0.2) is 24.3 Å². The first kappa shape index (κ1) is 10.8. The smallest absolute Gasteiger partial charge is 0.204 e. The highest BCUT2D eigenvalue weighted by atomic mass is 35.5. The summed E-state index contributed by atoms with van der Waals surface area (Å²) in [6, 6.07) is 9.15. The first-order chi connectivity index (χ1) is 6.22. The van der Waals surface area contributed by atoms with E-state index in [9.17, 15) is 4.80 Å². The molecule has 0 heterocycles. The molecule has 0 aromatic heterocycles. The van der Waals surface area contributed by atoms with Crippen molar-refractivity contribution in [3.8, 4) is 0 Å². The van der Waals surface area contributed by atoms with Gasteiger partial charge in [0.15, 0.2) is 0 Å². The molecule has 0 unspecified atom stereocenters. The Morgan fingerprint density at radius 1 is 1.38 bits per heavy atom. The molecule has 0 aliphatic carbocycles. The standard InChI is InChI=1S/C10H14ClOSi/c1-13(12)6-5-9-3-2-4-10(7-9)8-11/h2-4,7,12H,5-6,8H2,1H3. The Morgan fingerprint density at radius 3 is 2.69 bits per heavy atom. The molecule has 0 amide bonds. The van der Waals surface area contributed by atoms with E-state index >= 15 is 0 Å². The molecule has 0 bridgehead atoms. The van der Waals surface area contributed by atoms with Gasteiger partial charge in [0.25, 0.3) is 0 Å². The Bertz CT molecular complexity index is 263. The second-order valence-corrected chi connectivity index (χ2v) is 5.43. The molecule has 0 aliphatic rings. The van der Waals surface area contributed by atoms with Crippen LogP contribution in [0.2, 0.25) is 12.6 Å². The third kappa shape index (κ3) is 3.94. The molecular weight excluding hydrogens is 200 g/mol. The van der Waals surface area contributed by atoms with Gasteiger partial charge >= 0.3 is 0 Å². The van der Waals surface area contributed by atoms with Crippen LogP contribution in [0, 0.1) is 0 Å². The molecule has 0 aliphatic heterocycles. The Labute approximate surface area is 86.1 Å². The summed E-state index contributed by atoms with van der Waals surface area (Å²) in [5.74, 6) is 0.566. The molecule has 1 N–H and O–H groups in total. The highest BCUT2D eigenvalue weighted by Crippen LogP contribution is 2.10. The minimum atomic E-state index is -1.08. The summed E-state index contributed by atoms with van der Waals surface area (Å²) in [6.45, 7) is 1.91. The molecular formula is C10H14ClOSi. The van der Waals surface area contributed by atoms with Gasteiger partial charge in [0.2, 0.25) is 9.04 Å². The molecule has 1 rings (SSSR count). The van der Waals surface area contributed by atoms with Crippen LogP contribution in [-0.4, -0.2) is 13.8 Å². The van der Waals surface area contributed by atoms with E-state index in [1.54, 1.807) is 0 Å². The SMILES string of the molecule is C[Si](O)CCc1cccc(CCl)c1. The minimum absolute atomic E-state index is 0.566. The highest BCUT2D eigenvalue weighted by Gasteiger charge is 2.01. The number of benzene rings is 1. The van der Waals surface area contributed by atoms with Crippen molar-refractivity contribution in [3.05, 3.63) is 35.4 Å². The van der Waals surface area contributed by atoms with Gasteiger partial charge in [-0.25, -0.2) is 0 Å². The molecule has 0 saturated carbocycles. The van der Waals surface area contributed by atoms with Crippen LogP contribution in [0.25, 0.3) is 0 Å². The zero-order chi connectivity index (χ0) is 9.68. The first-order valence-electron chi connectivity index (χ1n) is 4.37. The Hall–Kier alpha value is -0.313. The molecule has 71 valence electrons. The van der Waals surface area contributed by atoms with Crippen molar-refractivity contribution < 1.29 is 4.80 Å². The van der Waals surface area contributed by atoms with E-state index < -0.39 is 9.04 Å².